The Hall–Kier alpha value is -2.89. The van der Waals surface area contributed by atoms with Crippen LogP contribution in [-0.2, 0) is 28.6 Å². The van der Waals surface area contributed by atoms with E-state index in [0.29, 0.717) is 19.3 Å². The Morgan fingerprint density at radius 3 is 0.759 bits per heavy atom. The van der Waals surface area contributed by atoms with Gasteiger partial charge in [0.25, 0.3) is 0 Å². The second kappa shape index (κ2) is 71.6. The number of allylic oxidation sites excluding steroid dienone is 10. The molecule has 0 aromatic heterocycles. The summed E-state index contributed by atoms with van der Waals surface area (Å²) in [6.07, 6.45) is 92.7. The summed E-state index contributed by atoms with van der Waals surface area (Å²) in [6, 6.07) is 0. The van der Waals surface area contributed by atoms with E-state index in [1.54, 1.807) is 0 Å². The molecule has 6 heteroatoms. The van der Waals surface area contributed by atoms with Crippen molar-refractivity contribution >= 4 is 17.9 Å². The van der Waals surface area contributed by atoms with Gasteiger partial charge in [-0.25, -0.2) is 0 Å². The number of carbonyl (C=O) groups is 3. The fourth-order valence-corrected chi connectivity index (χ4v) is 11.0. The normalized spacial score (nSPS) is 12.4. The fourth-order valence-electron chi connectivity index (χ4n) is 11.0. The van der Waals surface area contributed by atoms with E-state index in [-0.39, 0.29) is 31.1 Å². The number of hydrogen-bond donors (Lipinski definition) is 0. The van der Waals surface area contributed by atoms with Crippen molar-refractivity contribution < 1.29 is 28.6 Å². The van der Waals surface area contributed by atoms with Crippen LogP contribution >= 0.6 is 0 Å². The Kier molecular flexibility index (Phi) is 69.1. The Bertz CT molecular complexity index is 1470. The molecular formula is C77H140O6. The first-order valence-electron chi connectivity index (χ1n) is 36.8. The zero-order valence-electron chi connectivity index (χ0n) is 55.7. The van der Waals surface area contributed by atoms with E-state index in [1.165, 1.54) is 263 Å². The minimum absolute atomic E-state index is 0.0699. The predicted octanol–water partition coefficient (Wildman–Crippen LogP) is 25.5. The second-order valence-electron chi connectivity index (χ2n) is 24.8. The highest BCUT2D eigenvalue weighted by Gasteiger charge is 2.19. The van der Waals surface area contributed by atoms with Crippen molar-refractivity contribution in [3.63, 3.8) is 0 Å². The molecule has 0 rings (SSSR count). The first-order chi connectivity index (χ1) is 41.0. The van der Waals surface area contributed by atoms with Gasteiger partial charge in [-0.2, -0.15) is 0 Å². The molecule has 0 N–H and O–H groups in total. The number of hydrogen-bond acceptors (Lipinski definition) is 6. The van der Waals surface area contributed by atoms with Crippen molar-refractivity contribution in [1.82, 2.24) is 0 Å². The van der Waals surface area contributed by atoms with E-state index in [0.717, 1.165) is 89.9 Å². The average Bonchev–Trinajstić information content (AvgIpc) is 3.49. The summed E-state index contributed by atoms with van der Waals surface area (Å²) < 4.78 is 17.0. The van der Waals surface area contributed by atoms with E-state index in [4.69, 9.17) is 14.2 Å². The molecule has 0 aliphatic carbocycles. The summed E-state index contributed by atoms with van der Waals surface area (Å²) in [5.74, 6) is -0.850. The van der Waals surface area contributed by atoms with Crippen LogP contribution < -0.4 is 0 Å². The minimum atomic E-state index is -0.774. The lowest BCUT2D eigenvalue weighted by Gasteiger charge is -2.18. The molecule has 0 bridgehead atoms. The number of unbranched alkanes of at least 4 members (excludes halogenated alkanes) is 47. The molecule has 0 aromatic rings. The van der Waals surface area contributed by atoms with Gasteiger partial charge >= 0.3 is 17.9 Å². The van der Waals surface area contributed by atoms with Crippen molar-refractivity contribution in [3.8, 4) is 0 Å². The summed E-state index contributed by atoms with van der Waals surface area (Å²) >= 11 is 0. The van der Waals surface area contributed by atoms with Crippen LogP contribution in [0.5, 0.6) is 0 Å². The van der Waals surface area contributed by atoms with Gasteiger partial charge in [0, 0.05) is 19.3 Å². The van der Waals surface area contributed by atoms with Crippen molar-refractivity contribution in [2.75, 3.05) is 13.2 Å². The zero-order chi connectivity index (χ0) is 59.9. The molecule has 0 heterocycles. The number of carbonyl (C=O) groups excluding carboxylic acids is 3. The third-order valence-electron chi connectivity index (χ3n) is 16.5. The molecule has 0 aliphatic rings. The standard InChI is InChI=1S/C77H140O6/c1-4-7-10-13-16-19-22-25-27-29-31-32-33-34-35-36-37-38-39-40-41-42-43-44-46-47-49-52-55-58-61-64-67-70-76(79)82-73-74(72-81-75(78)69-66-63-60-57-54-51-24-21-18-15-12-9-6-3)83-77(80)71-68-65-62-59-56-53-50-48-45-30-28-26-23-20-17-14-11-8-5-2/h7,10,16,19,21,24-25,27,31-32,74H,4-6,8-9,11-15,17-18,20,22-23,26,28-30,33-73H2,1-3H3/b10-7-,19-16-,24-21-,27-25-,32-31-. The van der Waals surface area contributed by atoms with Crippen molar-refractivity contribution in [2.45, 2.75) is 399 Å². The van der Waals surface area contributed by atoms with Gasteiger partial charge in [-0.1, -0.05) is 351 Å². The van der Waals surface area contributed by atoms with Crippen LogP contribution in [0, 0.1) is 0 Å². The Morgan fingerprint density at radius 1 is 0.253 bits per heavy atom. The van der Waals surface area contributed by atoms with Crippen molar-refractivity contribution in [1.29, 1.82) is 0 Å². The maximum atomic E-state index is 12.9. The molecule has 1 atom stereocenters. The molecule has 0 spiro atoms. The molecule has 0 saturated carbocycles. The van der Waals surface area contributed by atoms with E-state index in [2.05, 4.69) is 81.5 Å². The molecule has 1 unspecified atom stereocenters. The van der Waals surface area contributed by atoms with Crippen molar-refractivity contribution in [2.24, 2.45) is 0 Å². The zero-order valence-corrected chi connectivity index (χ0v) is 55.7. The molecule has 6 nitrogen and oxygen atoms in total. The van der Waals surface area contributed by atoms with Crippen LogP contribution in [0.25, 0.3) is 0 Å². The molecule has 0 saturated heterocycles. The van der Waals surface area contributed by atoms with Gasteiger partial charge in [-0.3, -0.25) is 14.4 Å². The van der Waals surface area contributed by atoms with Gasteiger partial charge in [0.1, 0.15) is 13.2 Å². The van der Waals surface area contributed by atoms with E-state index in [1.807, 2.05) is 0 Å². The average molecular weight is 1160 g/mol. The van der Waals surface area contributed by atoms with Crippen LogP contribution in [0.15, 0.2) is 60.8 Å². The first kappa shape index (κ1) is 80.1. The highest BCUT2D eigenvalue weighted by Crippen LogP contribution is 2.19. The maximum Gasteiger partial charge on any atom is 0.306 e. The van der Waals surface area contributed by atoms with Crippen LogP contribution in [0.3, 0.4) is 0 Å². The molecule has 484 valence electrons. The number of rotatable bonds is 68. The third kappa shape index (κ3) is 69.8. The highest BCUT2D eigenvalue weighted by molar-refractivity contribution is 5.71. The summed E-state index contributed by atoms with van der Waals surface area (Å²) in [6.45, 7) is 6.58. The lowest BCUT2D eigenvalue weighted by atomic mass is 10.0. The summed E-state index contributed by atoms with van der Waals surface area (Å²) in [5.41, 5.74) is 0. The van der Waals surface area contributed by atoms with E-state index in [9.17, 15) is 14.4 Å². The van der Waals surface area contributed by atoms with Gasteiger partial charge in [0.2, 0.25) is 0 Å². The fraction of sp³-hybridized carbons (Fsp3) is 0.831. The topological polar surface area (TPSA) is 78.9 Å². The van der Waals surface area contributed by atoms with Crippen LogP contribution in [0.1, 0.15) is 393 Å². The van der Waals surface area contributed by atoms with Gasteiger partial charge in [-0.05, 0) is 83.5 Å². The Morgan fingerprint density at radius 2 is 0.470 bits per heavy atom. The molecule has 0 aliphatic heterocycles. The summed E-state index contributed by atoms with van der Waals surface area (Å²) in [4.78, 5) is 38.4. The van der Waals surface area contributed by atoms with Crippen molar-refractivity contribution in [3.05, 3.63) is 60.8 Å². The molecule has 0 fully saturated rings. The summed E-state index contributed by atoms with van der Waals surface area (Å²) in [5, 5.41) is 0. The lowest BCUT2D eigenvalue weighted by molar-refractivity contribution is -0.167. The maximum absolute atomic E-state index is 12.9. The molecular weight excluding hydrogens is 1020 g/mol. The predicted molar refractivity (Wildman–Crippen MR) is 362 cm³/mol. The second-order valence-corrected chi connectivity index (χ2v) is 24.8. The lowest BCUT2D eigenvalue weighted by Crippen LogP contribution is -2.30. The van der Waals surface area contributed by atoms with Gasteiger partial charge in [0.05, 0.1) is 0 Å². The van der Waals surface area contributed by atoms with E-state index >= 15 is 0 Å². The number of ether oxygens (including phenoxy) is 3. The van der Waals surface area contributed by atoms with Gasteiger partial charge < -0.3 is 14.2 Å². The molecule has 0 amide bonds. The van der Waals surface area contributed by atoms with Crippen LogP contribution in [0.4, 0.5) is 0 Å². The van der Waals surface area contributed by atoms with Gasteiger partial charge in [-0.15, -0.1) is 0 Å². The first-order valence-corrected chi connectivity index (χ1v) is 36.8. The summed E-state index contributed by atoms with van der Waals surface area (Å²) in [7, 11) is 0. The smallest absolute Gasteiger partial charge is 0.306 e. The Balaban J connectivity index is 4.13. The van der Waals surface area contributed by atoms with Gasteiger partial charge in [0.15, 0.2) is 6.10 Å². The van der Waals surface area contributed by atoms with Crippen LogP contribution in [-0.4, -0.2) is 37.2 Å². The van der Waals surface area contributed by atoms with Crippen LogP contribution in [0.2, 0.25) is 0 Å². The largest absolute Gasteiger partial charge is 0.462 e. The molecule has 83 heavy (non-hydrogen) atoms. The number of esters is 3. The highest BCUT2D eigenvalue weighted by atomic mass is 16.6. The minimum Gasteiger partial charge on any atom is -0.462 e. The SMILES string of the molecule is CC/C=C\C/C=C\C/C=C\C/C=C\CCCCCCCCCCCCCCCCCCCCCCC(=O)OCC(COC(=O)CCCCCCC/C=C\CCCCCC)OC(=O)CCCCCCCCCCCCCCCCCCCCC. The monoisotopic (exact) mass is 1160 g/mol. The molecule has 0 aromatic carbocycles. The molecule has 0 radical (unpaired) electrons. The quantitative estimate of drug-likeness (QED) is 0.0261. The van der Waals surface area contributed by atoms with E-state index < -0.39 is 6.10 Å². The third-order valence-corrected chi connectivity index (χ3v) is 16.5. The Labute approximate surface area is 517 Å².